The topological polar surface area (TPSA) is 46.9 Å². The van der Waals surface area contributed by atoms with E-state index in [-0.39, 0.29) is 16.2 Å². The first-order chi connectivity index (χ1) is 8.08. The van der Waals surface area contributed by atoms with Gasteiger partial charge in [0.25, 0.3) is 0 Å². The molecule has 0 aliphatic carbocycles. The molecule has 18 heavy (non-hydrogen) atoms. The van der Waals surface area contributed by atoms with Crippen LogP contribution in [0.15, 0.2) is 12.4 Å². The maximum Gasteiger partial charge on any atom is 0.234 e. The number of hydrogen-bond acceptors (Lipinski definition) is 3. The summed E-state index contributed by atoms with van der Waals surface area (Å²) in [5, 5.41) is 7.11. The number of rotatable bonds is 3. The summed E-state index contributed by atoms with van der Waals surface area (Å²) >= 11 is 1.63. The fourth-order valence-corrected chi connectivity index (χ4v) is 1.87. The van der Waals surface area contributed by atoms with Crippen LogP contribution >= 0.6 is 11.8 Å². The van der Waals surface area contributed by atoms with Gasteiger partial charge in [0.05, 0.1) is 23.2 Å². The van der Waals surface area contributed by atoms with Gasteiger partial charge in [-0.2, -0.15) is 5.10 Å². The van der Waals surface area contributed by atoms with E-state index >= 15 is 0 Å². The SMILES string of the molecule is CC(C)(C)SCC(=O)Nc1cnn(C(C)(C)C)c1. The van der Waals surface area contributed by atoms with Crippen LogP contribution in [0.5, 0.6) is 0 Å². The monoisotopic (exact) mass is 269 g/mol. The Hall–Kier alpha value is -0.970. The van der Waals surface area contributed by atoms with Crippen LogP contribution < -0.4 is 5.32 Å². The Balaban J connectivity index is 2.53. The van der Waals surface area contributed by atoms with Crippen LogP contribution in [0.2, 0.25) is 0 Å². The minimum Gasteiger partial charge on any atom is -0.323 e. The van der Waals surface area contributed by atoms with Crippen LogP contribution in [0.1, 0.15) is 41.5 Å². The molecule has 1 rings (SSSR count). The molecule has 0 unspecified atom stereocenters. The number of aromatic nitrogens is 2. The van der Waals surface area contributed by atoms with E-state index in [0.717, 1.165) is 5.69 Å². The van der Waals surface area contributed by atoms with Crippen LogP contribution in [0.25, 0.3) is 0 Å². The van der Waals surface area contributed by atoms with Gasteiger partial charge in [-0.1, -0.05) is 20.8 Å². The van der Waals surface area contributed by atoms with Gasteiger partial charge < -0.3 is 5.32 Å². The molecule has 1 amide bonds. The molecule has 5 heteroatoms. The van der Waals surface area contributed by atoms with Gasteiger partial charge >= 0.3 is 0 Å². The lowest BCUT2D eigenvalue weighted by Crippen LogP contribution is -2.22. The van der Waals surface area contributed by atoms with Crippen molar-refractivity contribution in [2.75, 3.05) is 11.1 Å². The number of carbonyl (C=O) groups is 1. The number of nitrogens with zero attached hydrogens (tertiary/aromatic N) is 2. The molecule has 1 aromatic rings. The van der Waals surface area contributed by atoms with Gasteiger partial charge in [0.1, 0.15) is 0 Å². The molecule has 0 aliphatic rings. The minimum absolute atomic E-state index is 0.0170. The highest BCUT2D eigenvalue weighted by atomic mass is 32.2. The number of carbonyl (C=O) groups excluding carboxylic acids is 1. The van der Waals surface area contributed by atoms with Gasteiger partial charge in [-0.25, -0.2) is 0 Å². The van der Waals surface area contributed by atoms with Gasteiger partial charge in [-0.15, -0.1) is 11.8 Å². The fourth-order valence-electron chi connectivity index (χ4n) is 1.23. The van der Waals surface area contributed by atoms with Crippen LogP contribution in [0.3, 0.4) is 0 Å². The normalized spacial score (nSPS) is 12.6. The van der Waals surface area contributed by atoms with E-state index in [2.05, 4.69) is 52.0 Å². The predicted octanol–water partition coefficient (Wildman–Crippen LogP) is 3.11. The van der Waals surface area contributed by atoms with Gasteiger partial charge in [-0.05, 0) is 20.8 Å². The Morgan fingerprint density at radius 3 is 2.39 bits per heavy atom. The van der Waals surface area contributed by atoms with E-state index in [1.54, 1.807) is 18.0 Å². The zero-order valence-electron chi connectivity index (χ0n) is 12.1. The molecule has 1 heterocycles. The average molecular weight is 269 g/mol. The number of amides is 1. The third kappa shape index (κ3) is 5.12. The Morgan fingerprint density at radius 2 is 1.94 bits per heavy atom. The number of nitrogens with one attached hydrogen (secondary N) is 1. The van der Waals surface area contributed by atoms with E-state index in [0.29, 0.717) is 5.75 Å². The Kier molecular flexibility index (Phi) is 4.48. The highest BCUT2D eigenvalue weighted by Crippen LogP contribution is 2.23. The van der Waals surface area contributed by atoms with E-state index in [1.807, 2.05) is 10.9 Å². The summed E-state index contributed by atoms with van der Waals surface area (Å²) in [5.74, 6) is 0.480. The van der Waals surface area contributed by atoms with Gasteiger partial charge in [0.2, 0.25) is 5.91 Å². The van der Waals surface area contributed by atoms with Crippen molar-refractivity contribution >= 4 is 23.4 Å². The molecule has 4 nitrogen and oxygen atoms in total. The first-order valence-corrected chi connectivity index (χ1v) is 7.05. The van der Waals surface area contributed by atoms with Gasteiger partial charge in [0, 0.05) is 10.9 Å². The lowest BCUT2D eigenvalue weighted by atomic mass is 10.1. The summed E-state index contributed by atoms with van der Waals surface area (Å²) < 4.78 is 1.95. The van der Waals surface area contributed by atoms with Crippen molar-refractivity contribution in [3.05, 3.63) is 12.4 Å². The predicted molar refractivity (Wildman–Crippen MR) is 78.1 cm³/mol. The number of thioether (sulfide) groups is 1. The van der Waals surface area contributed by atoms with Gasteiger partial charge in [0.15, 0.2) is 0 Å². The first kappa shape index (κ1) is 15.1. The van der Waals surface area contributed by atoms with Crippen molar-refractivity contribution in [2.24, 2.45) is 0 Å². The zero-order chi connectivity index (χ0) is 14.0. The second-order valence-corrected chi connectivity index (χ2v) is 8.10. The van der Waals surface area contributed by atoms with E-state index < -0.39 is 0 Å². The fraction of sp³-hybridized carbons (Fsp3) is 0.692. The minimum atomic E-state index is -0.0663. The highest BCUT2D eigenvalue weighted by Gasteiger charge is 2.16. The third-order valence-electron chi connectivity index (χ3n) is 2.19. The maximum absolute atomic E-state index is 11.7. The van der Waals surface area contributed by atoms with Crippen LogP contribution in [0.4, 0.5) is 5.69 Å². The van der Waals surface area contributed by atoms with Crippen molar-refractivity contribution in [2.45, 2.75) is 51.8 Å². The highest BCUT2D eigenvalue weighted by molar-refractivity contribution is 8.01. The summed E-state index contributed by atoms with van der Waals surface area (Å²) in [5.41, 5.74) is 0.688. The van der Waals surface area contributed by atoms with E-state index in [9.17, 15) is 4.79 Å². The Morgan fingerprint density at radius 1 is 1.33 bits per heavy atom. The van der Waals surface area contributed by atoms with E-state index in [4.69, 9.17) is 0 Å². The summed E-state index contributed by atoms with van der Waals surface area (Å²) in [6.45, 7) is 12.5. The molecule has 0 radical (unpaired) electrons. The van der Waals surface area contributed by atoms with Crippen LogP contribution in [-0.2, 0) is 10.3 Å². The van der Waals surface area contributed by atoms with Crippen molar-refractivity contribution in [1.82, 2.24) is 9.78 Å². The van der Waals surface area contributed by atoms with Gasteiger partial charge in [-0.3, -0.25) is 9.48 Å². The third-order valence-corrected chi connectivity index (χ3v) is 3.46. The van der Waals surface area contributed by atoms with Crippen LogP contribution in [0, 0.1) is 0 Å². The molecule has 0 fully saturated rings. The lowest BCUT2D eigenvalue weighted by molar-refractivity contribution is -0.113. The Labute approximate surface area is 114 Å². The molecule has 0 saturated heterocycles. The van der Waals surface area contributed by atoms with Crippen molar-refractivity contribution in [1.29, 1.82) is 0 Å². The quantitative estimate of drug-likeness (QED) is 0.917. The summed E-state index contributed by atoms with van der Waals surface area (Å²) in [6.07, 6.45) is 3.55. The zero-order valence-corrected chi connectivity index (χ0v) is 12.9. The molecular weight excluding hydrogens is 246 g/mol. The Bertz CT molecular complexity index is 413. The maximum atomic E-state index is 11.7. The molecule has 1 aromatic heterocycles. The van der Waals surface area contributed by atoms with Crippen molar-refractivity contribution < 1.29 is 4.79 Å². The van der Waals surface area contributed by atoms with E-state index in [1.165, 1.54) is 0 Å². The lowest BCUT2D eigenvalue weighted by Gasteiger charge is -2.18. The second-order valence-electron chi connectivity index (χ2n) is 6.29. The molecular formula is C13H23N3OS. The van der Waals surface area contributed by atoms with Crippen LogP contribution in [-0.4, -0.2) is 26.2 Å². The molecule has 0 saturated carbocycles. The second kappa shape index (κ2) is 5.34. The standard InChI is InChI=1S/C13H23N3OS/c1-12(2,3)16-8-10(7-14-16)15-11(17)9-18-13(4,5)6/h7-8H,9H2,1-6H3,(H,15,17). The summed E-state index contributed by atoms with van der Waals surface area (Å²) in [4.78, 5) is 11.7. The molecule has 102 valence electrons. The number of hydrogen-bond donors (Lipinski definition) is 1. The van der Waals surface area contributed by atoms with Crippen molar-refractivity contribution in [3.8, 4) is 0 Å². The first-order valence-electron chi connectivity index (χ1n) is 6.07. The molecule has 0 aliphatic heterocycles. The average Bonchev–Trinajstić information content (AvgIpc) is 2.61. The van der Waals surface area contributed by atoms with Crippen molar-refractivity contribution in [3.63, 3.8) is 0 Å². The molecule has 0 aromatic carbocycles. The molecule has 0 bridgehead atoms. The molecule has 0 atom stereocenters. The number of anilines is 1. The largest absolute Gasteiger partial charge is 0.323 e. The molecule has 0 spiro atoms. The summed E-state index contributed by atoms with van der Waals surface area (Å²) in [7, 11) is 0. The smallest absolute Gasteiger partial charge is 0.234 e. The summed E-state index contributed by atoms with van der Waals surface area (Å²) in [6, 6.07) is 0. The molecule has 1 N–H and O–H groups in total.